The van der Waals surface area contributed by atoms with Crippen LogP contribution in [0.2, 0.25) is 0 Å². The Morgan fingerprint density at radius 1 is 1.24 bits per heavy atom. The van der Waals surface area contributed by atoms with Crippen LogP contribution in [0.3, 0.4) is 0 Å². The highest BCUT2D eigenvalue weighted by Crippen LogP contribution is 2.31. The number of aromatic nitrogens is 5. The van der Waals surface area contributed by atoms with Crippen LogP contribution >= 0.6 is 0 Å². The number of aryl methyl sites for hydroxylation is 1. The highest BCUT2D eigenvalue weighted by molar-refractivity contribution is 5.82. The summed E-state index contributed by atoms with van der Waals surface area (Å²) in [7, 11) is 2.00. The molecule has 3 heterocycles. The van der Waals surface area contributed by atoms with Crippen molar-refractivity contribution in [1.29, 1.82) is 0 Å². The minimum Gasteiger partial charge on any atom is -0.346 e. The molecule has 1 aliphatic rings. The van der Waals surface area contributed by atoms with Gasteiger partial charge >= 0.3 is 0 Å². The maximum absolute atomic E-state index is 4.81. The van der Waals surface area contributed by atoms with E-state index >= 15 is 0 Å². The highest BCUT2D eigenvalue weighted by atomic mass is 15.1. The number of benzene rings is 1. The number of imidazole rings is 1. The molecule has 0 unspecified atom stereocenters. The van der Waals surface area contributed by atoms with Crippen LogP contribution in [0.5, 0.6) is 0 Å². The van der Waals surface area contributed by atoms with Gasteiger partial charge in [-0.3, -0.25) is 0 Å². The van der Waals surface area contributed by atoms with E-state index in [1.54, 1.807) is 0 Å². The zero-order valence-corrected chi connectivity index (χ0v) is 14.2. The van der Waals surface area contributed by atoms with Crippen molar-refractivity contribution in [2.75, 3.05) is 5.32 Å². The van der Waals surface area contributed by atoms with Crippen LogP contribution in [0, 0.1) is 5.92 Å². The minimum atomic E-state index is 0.638. The second-order valence-electron chi connectivity index (χ2n) is 6.92. The molecule has 6 heteroatoms. The van der Waals surface area contributed by atoms with Crippen molar-refractivity contribution in [3.05, 3.63) is 42.5 Å². The van der Waals surface area contributed by atoms with Crippen LogP contribution < -0.4 is 5.32 Å². The van der Waals surface area contributed by atoms with Gasteiger partial charge in [-0.1, -0.05) is 19.3 Å². The van der Waals surface area contributed by atoms with E-state index in [4.69, 9.17) is 4.98 Å². The Labute approximate surface area is 145 Å². The lowest BCUT2D eigenvalue weighted by Crippen LogP contribution is -2.15. The number of nitrogens with zero attached hydrogens (tertiary/aromatic N) is 4. The van der Waals surface area contributed by atoms with Crippen molar-refractivity contribution in [2.24, 2.45) is 13.0 Å². The second kappa shape index (κ2) is 5.58. The molecule has 0 saturated heterocycles. The lowest BCUT2D eigenvalue weighted by atomic mass is 9.82. The van der Waals surface area contributed by atoms with Gasteiger partial charge < -0.3 is 14.9 Å². The minimum absolute atomic E-state index is 0.638. The number of anilines is 2. The Hall–Kier alpha value is -2.89. The first-order valence-corrected chi connectivity index (χ1v) is 8.78. The van der Waals surface area contributed by atoms with Crippen LogP contribution in [-0.4, -0.2) is 24.5 Å². The number of rotatable bonds is 4. The summed E-state index contributed by atoms with van der Waals surface area (Å²) in [4.78, 5) is 17.1. The third-order valence-electron chi connectivity index (χ3n) is 5.18. The summed E-state index contributed by atoms with van der Waals surface area (Å²) in [6.07, 6.45) is 8.77. The van der Waals surface area contributed by atoms with Gasteiger partial charge in [0.2, 0.25) is 5.95 Å². The Bertz CT molecular complexity index is 1060. The summed E-state index contributed by atoms with van der Waals surface area (Å²) in [5.74, 6) is 1.41. The van der Waals surface area contributed by atoms with Crippen molar-refractivity contribution in [3.63, 3.8) is 0 Å². The van der Waals surface area contributed by atoms with Gasteiger partial charge in [-0.2, -0.15) is 4.98 Å². The second-order valence-corrected chi connectivity index (χ2v) is 6.92. The normalized spacial score (nSPS) is 14.9. The summed E-state index contributed by atoms with van der Waals surface area (Å²) in [5.41, 5.74) is 5.05. The zero-order valence-electron chi connectivity index (χ0n) is 14.2. The summed E-state index contributed by atoms with van der Waals surface area (Å²) in [5, 5.41) is 4.48. The van der Waals surface area contributed by atoms with E-state index in [9.17, 15) is 0 Å². The number of aromatic amines is 1. The summed E-state index contributed by atoms with van der Waals surface area (Å²) < 4.78 is 2.01. The van der Waals surface area contributed by atoms with Gasteiger partial charge in [0, 0.05) is 24.3 Å². The standard InChI is InChI=1S/C19H20N6/c1-25-11-21-16-10-13(5-6-17(16)25)22-19-23-15(9-12-3-2-4-12)14-7-8-20-18(14)24-19/h5-8,10-12H,2-4,9H2,1H3,(H2,20,22,23,24). The van der Waals surface area contributed by atoms with E-state index in [-0.39, 0.29) is 0 Å². The number of H-pyrrole nitrogens is 1. The van der Waals surface area contributed by atoms with Gasteiger partial charge in [-0.15, -0.1) is 0 Å². The van der Waals surface area contributed by atoms with E-state index in [0.717, 1.165) is 45.8 Å². The van der Waals surface area contributed by atoms with E-state index in [0.29, 0.717) is 5.95 Å². The molecule has 3 aromatic heterocycles. The number of nitrogens with one attached hydrogen (secondary N) is 2. The SMILES string of the molecule is Cn1cnc2cc(Nc3nc(CC4CCC4)c4cc[nH]c4n3)ccc21. The molecular formula is C19H20N6. The van der Waals surface area contributed by atoms with Crippen LogP contribution in [0.15, 0.2) is 36.8 Å². The van der Waals surface area contributed by atoms with Crippen molar-refractivity contribution < 1.29 is 0 Å². The van der Waals surface area contributed by atoms with Crippen molar-refractivity contribution in [3.8, 4) is 0 Å². The van der Waals surface area contributed by atoms with Crippen LogP contribution in [0.1, 0.15) is 25.0 Å². The van der Waals surface area contributed by atoms with Gasteiger partial charge in [-0.25, -0.2) is 9.97 Å². The van der Waals surface area contributed by atoms with Crippen LogP contribution in [0.4, 0.5) is 11.6 Å². The molecule has 4 aromatic rings. The van der Waals surface area contributed by atoms with E-state index in [1.165, 1.54) is 19.3 Å². The average molecular weight is 332 g/mol. The lowest BCUT2D eigenvalue weighted by Gasteiger charge is -2.25. The van der Waals surface area contributed by atoms with E-state index < -0.39 is 0 Å². The quantitative estimate of drug-likeness (QED) is 0.594. The molecule has 0 atom stereocenters. The molecule has 6 nitrogen and oxygen atoms in total. The summed E-state index contributed by atoms with van der Waals surface area (Å²) >= 11 is 0. The molecule has 0 spiro atoms. The molecule has 1 aromatic carbocycles. The first-order chi connectivity index (χ1) is 12.3. The monoisotopic (exact) mass is 332 g/mol. The number of hydrogen-bond donors (Lipinski definition) is 2. The molecule has 1 fully saturated rings. The molecule has 2 N–H and O–H groups in total. The number of hydrogen-bond acceptors (Lipinski definition) is 4. The molecule has 5 rings (SSSR count). The number of fused-ring (bicyclic) bond motifs is 2. The third-order valence-corrected chi connectivity index (χ3v) is 5.18. The fourth-order valence-electron chi connectivity index (χ4n) is 3.53. The van der Waals surface area contributed by atoms with E-state index in [2.05, 4.69) is 32.4 Å². The Balaban J connectivity index is 1.50. The van der Waals surface area contributed by atoms with Crippen molar-refractivity contribution >= 4 is 33.7 Å². The molecule has 1 saturated carbocycles. The first-order valence-electron chi connectivity index (χ1n) is 8.78. The predicted molar refractivity (Wildman–Crippen MR) is 98.9 cm³/mol. The molecular weight excluding hydrogens is 312 g/mol. The Morgan fingerprint density at radius 2 is 2.16 bits per heavy atom. The zero-order chi connectivity index (χ0) is 16.8. The Morgan fingerprint density at radius 3 is 3.00 bits per heavy atom. The molecule has 0 bridgehead atoms. The molecule has 25 heavy (non-hydrogen) atoms. The molecule has 0 amide bonds. The molecule has 1 aliphatic carbocycles. The predicted octanol–water partition coefficient (Wildman–Crippen LogP) is 3.93. The fraction of sp³-hybridized carbons (Fsp3) is 0.316. The van der Waals surface area contributed by atoms with Gasteiger partial charge in [0.15, 0.2) is 0 Å². The topological polar surface area (TPSA) is 71.4 Å². The van der Waals surface area contributed by atoms with Gasteiger partial charge in [0.25, 0.3) is 0 Å². The summed E-state index contributed by atoms with van der Waals surface area (Å²) in [6.45, 7) is 0. The van der Waals surface area contributed by atoms with Crippen molar-refractivity contribution in [2.45, 2.75) is 25.7 Å². The van der Waals surface area contributed by atoms with Crippen LogP contribution in [0.25, 0.3) is 22.1 Å². The maximum atomic E-state index is 4.81. The molecule has 126 valence electrons. The van der Waals surface area contributed by atoms with Gasteiger partial charge in [-0.05, 0) is 36.6 Å². The third kappa shape index (κ3) is 2.54. The smallest absolute Gasteiger partial charge is 0.229 e. The average Bonchev–Trinajstić information content (AvgIpc) is 3.18. The largest absolute Gasteiger partial charge is 0.346 e. The fourth-order valence-corrected chi connectivity index (χ4v) is 3.53. The van der Waals surface area contributed by atoms with Crippen molar-refractivity contribution in [1.82, 2.24) is 24.5 Å². The first kappa shape index (κ1) is 14.5. The molecule has 0 radical (unpaired) electrons. The van der Waals surface area contributed by atoms with Crippen LogP contribution in [-0.2, 0) is 13.5 Å². The highest BCUT2D eigenvalue weighted by Gasteiger charge is 2.20. The van der Waals surface area contributed by atoms with Gasteiger partial charge in [0.1, 0.15) is 5.65 Å². The molecule has 0 aliphatic heterocycles. The Kier molecular flexibility index (Phi) is 3.23. The van der Waals surface area contributed by atoms with Gasteiger partial charge in [0.05, 0.1) is 23.1 Å². The lowest BCUT2D eigenvalue weighted by molar-refractivity contribution is 0.313. The summed E-state index contributed by atoms with van der Waals surface area (Å²) in [6, 6.07) is 8.21. The maximum Gasteiger partial charge on any atom is 0.229 e. The van der Waals surface area contributed by atoms with E-state index in [1.807, 2.05) is 36.3 Å².